The molecule has 4 heterocycles. The number of para-hydroxylation sites is 1. The van der Waals surface area contributed by atoms with Crippen LogP contribution in [0.5, 0.6) is 0 Å². The molecule has 0 aliphatic heterocycles. The molecule has 11 rings (SSSR count). The van der Waals surface area contributed by atoms with Crippen LogP contribution in [0.1, 0.15) is 0 Å². The zero-order valence-corrected chi connectivity index (χ0v) is 27.9. The summed E-state index contributed by atoms with van der Waals surface area (Å²) in [4.78, 5) is 7.38. The van der Waals surface area contributed by atoms with Crippen molar-refractivity contribution >= 4 is 118 Å². The summed E-state index contributed by atoms with van der Waals surface area (Å²) in [6, 6.07) is 47.5. The summed E-state index contributed by atoms with van der Waals surface area (Å²) in [5.41, 5.74) is 7.84. The fraction of sp³-hybridized carbons (Fsp3) is 0. The van der Waals surface area contributed by atoms with E-state index < -0.39 is 0 Å². The smallest absolute Gasteiger partial charge is 0.188 e. The first-order valence-corrected chi connectivity index (χ1v) is 17.9. The number of nitrogens with zero attached hydrogens (tertiary/aromatic N) is 4. The van der Waals surface area contributed by atoms with Gasteiger partial charge in [0.2, 0.25) is 0 Å². The van der Waals surface area contributed by atoms with Crippen LogP contribution in [-0.2, 0) is 0 Å². The number of fused-ring (bicyclic) bond motifs is 12. The van der Waals surface area contributed by atoms with Crippen LogP contribution in [0.15, 0.2) is 133 Å². The van der Waals surface area contributed by atoms with Gasteiger partial charge in [-0.3, -0.25) is 0 Å². The standard InChI is InChI=1S/C44H22N4S2/c1-45-25-11-15-38-31(19-25)32-20-26(46-2)12-16-39(32)47(38)27-13-17-42-34(21-27)35-22-28(14-18-43(35)49-42)48-37-9-5-3-7-29(37)33-23-36-30-8-4-6-10-41(30)50-44(36)24-40(33)48/h3-24H. The molecule has 4 aromatic heterocycles. The average Bonchev–Trinajstić information content (AvgIpc) is 3.90. The van der Waals surface area contributed by atoms with Gasteiger partial charge in [-0.2, -0.15) is 0 Å². The minimum atomic E-state index is 0.592. The van der Waals surface area contributed by atoms with Gasteiger partial charge in [-0.25, -0.2) is 9.69 Å². The fourth-order valence-corrected chi connectivity index (χ4v) is 10.1. The van der Waals surface area contributed by atoms with Gasteiger partial charge < -0.3 is 9.13 Å². The van der Waals surface area contributed by atoms with Crippen LogP contribution in [0.25, 0.3) is 105 Å². The monoisotopic (exact) mass is 670 g/mol. The van der Waals surface area contributed by atoms with Crippen LogP contribution < -0.4 is 0 Å². The van der Waals surface area contributed by atoms with E-state index in [1.807, 2.05) is 59.1 Å². The second-order valence-electron chi connectivity index (χ2n) is 12.7. The summed E-state index contributed by atoms with van der Waals surface area (Å²) in [5, 5.41) is 9.55. The molecule has 0 saturated heterocycles. The minimum absolute atomic E-state index is 0.592. The Kier molecular flexibility index (Phi) is 5.52. The first-order chi connectivity index (χ1) is 24.7. The fourth-order valence-electron chi connectivity index (χ4n) is 7.91. The van der Waals surface area contributed by atoms with Crippen molar-refractivity contribution in [2.45, 2.75) is 0 Å². The summed E-state index contributed by atoms with van der Waals surface area (Å²) in [7, 11) is 0. The highest BCUT2D eigenvalue weighted by Crippen LogP contribution is 2.43. The molecule has 0 N–H and O–H groups in total. The van der Waals surface area contributed by atoms with Crippen LogP contribution in [0.3, 0.4) is 0 Å². The van der Waals surface area contributed by atoms with Crippen molar-refractivity contribution in [3.05, 3.63) is 156 Å². The number of benzene rings is 7. The highest BCUT2D eigenvalue weighted by atomic mass is 32.1. The lowest BCUT2D eigenvalue weighted by molar-refractivity contribution is 1.19. The average molecular weight is 671 g/mol. The first-order valence-electron chi connectivity index (χ1n) is 16.3. The molecule has 0 unspecified atom stereocenters. The molecule has 7 aromatic carbocycles. The molecule has 0 fully saturated rings. The highest BCUT2D eigenvalue weighted by Gasteiger charge is 2.18. The topological polar surface area (TPSA) is 18.6 Å². The molecule has 230 valence electrons. The third kappa shape index (κ3) is 3.72. The first kappa shape index (κ1) is 27.5. The van der Waals surface area contributed by atoms with E-state index in [1.54, 1.807) is 0 Å². The molecular weight excluding hydrogens is 649 g/mol. The lowest BCUT2D eigenvalue weighted by Gasteiger charge is -2.10. The zero-order valence-electron chi connectivity index (χ0n) is 26.3. The second-order valence-corrected chi connectivity index (χ2v) is 14.9. The molecule has 4 nitrogen and oxygen atoms in total. The van der Waals surface area contributed by atoms with Gasteiger partial charge in [0.1, 0.15) is 0 Å². The number of thiophene rings is 2. The van der Waals surface area contributed by atoms with Crippen molar-refractivity contribution in [2.75, 3.05) is 0 Å². The van der Waals surface area contributed by atoms with E-state index in [0.717, 1.165) is 33.2 Å². The maximum absolute atomic E-state index is 7.61. The molecular formula is C44H22N4S2. The predicted molar refractivity (Wildman–Crippen MR) is 213 cm³/mol. The van der Waals surface area contributed by atoms with Gasteiger partial charge in [0.25, 0.3) is 0 Å². The third-order valence-electron chi connectivity index (χ3n) is 10.1. The van der Waals surface area contributed by atoms with Gasteiger partial charge in [-0.05, 0) is 95.7 Å². The molecule has 11 aromatic rings. The molecule has 0 aliphatic carbocycles. The lowest BCUT2D eigenvalue weighted by atomic mass is 10.1. The molecule has 0 saturated carbocycles. The minimum Gasteiger partial charge on any atom is -0.309 e. The quantitative estimate of drug-likeness (QED) is 0.163. The van der Waals surface area contributed by atoms with Crippen LogP contribution in [-0.4, -0.2) is 9.13 Å². The van der Waals surface area contributed by atoms with E-state index in [0.29, 0.717) is 11.4 Å². The van der Waals surface area contributed by atoms with Gasteiger partial charge in [0.05, 0.1) is 35.2 Å². The molecule has 0 spiro atoms. The van der Waals surface area contributed by atoms with Gasteiger partial charge >= 0.3 is 0 Å². The highest BCUT2D eigenvalue weighted by molar-refractivity contribution is 7.26. The summed E-state index contributed by atoms with van der Waals surface area (Å²) in [6.07, 6.45) is 0. The molecule has 0 amide bonds. The number of hydrogen-bond donors (Lipinski definition) is 0. The van der Waals surface area contributed by atoms with Crippen molar-refractivity contribution in [1.82, 2.24) is 9.13 Å². The Labute approximate surface area is 293 Å². The van der Waals surface area contributed by atoms with Gasteiger partial charge in [0, 0.05) is 62.5 Å². The Bertz CT molecular complexity index is 3280. The van der Waals surface area contributed by atoms with Crippen LogP contribution in [0.2, 0.25) is 0 Å². The number of aromatic nitrogens is 2. The maximum Gasteiger partial charge on any atom is 0.188 e. The third-order valence-corrected chi connectivity index (χ3v) is 12.4. The molecule has 50 heavy (non-hydrogen) atoms. The normalized spacial score (nSPS) is 12.0. The van der Waals surface area contributed by atoms with Crippen molar-refractivity contribution < 1.29 is 0 Å². The summed E-state index contributed by atoms with van der Waals surface area (Å²) < 4.78 is 9.79. The van der Waals surface area contributed by atoms with E-state index in [-0.39, 0.29) is 0 Å². The van der Waals surface area contributed by atoms with Gasteiger partial charge in [0.15, 0.2) is 11.4 Å². The predicted octanol–water partition coefficient (Wildman–Crippen LogP) is 13.7. The Balaban J connectivity index is 1.16. The van der Waals surface area contributed by atoms with Crippen molar-refractivity contribution in [1.29, 1.82) is 0 Å². The maximum atomic E-state index is 7.61. The Morgan fingerprint density at radius 3 is 1.52 bits per heavy atom. The van der Waals surface area contributed by atoms with E-state index in [1.165, 1.54) is 62.2 Å². The van der Waals surface area contributed by atoms with E-state index in [2.05, 4.69) is 116 Å². The van der Waals surface area contributed by atoms with Crippen molar-refractivity contribution in [2.24, 2.45) is 0 Å². The summed E-state index contributed by atoms with van der Waals surface area (Å²) in [6.45, 7) is 15.2. The van der Waals surface area contributed by atoms with Crippen LogP contribution in [0.4, 0.5) is 11.4 Å². The van der Waals surface area contributed by atoms with Crippen LogP contribution in [0, 0.1) is 13.1 Å². The Hall–Kier alpha value is -6.44. The van der Waals surface area contributed by atoms with Crippen molar-refractivity contribution in [3.8, 4) is 11.4 Å². The van der Waals surface area contributed by atoms with E-state index in [4.69, 9.17) is 13.1 Å². The molecule has 0 atom stereocenters. The van der Waals surface area contributed by atoms with Crippen molar-refractivity contribution in [3.63, 3.8) is 0 Å². The molecule has 6 heteroatoms. The molecule has 0 bridgehead atoms. The Morgan fingerprint density at radius 2 is 0.860 bits per heavy atom. The number of hydrogen-bond acceptors (Lipinski definition) is 2. The molecule has 0 radical (unpaired) electrons. The van der Waals surface area contributed by atoms with E-state index >= 15 is 0 Å². The SMILES string of the molecule is [C-]#[N+]c1ccc2c(c1)c1cc([N+]#[C-])ccc1n2-c1ccc2sc3ccc(-n4c5ccccc5c5cc6c(cc54)sc4ccccc46)cc3c2c1. The zero-order chi connectivity index (χ0) is 33.1. The number of rotatable bonds is 2. The van der Waals surface area contributed by atoms with E-state index in [9.17, 15) is 0 Å². The summed E-state index contributed by atoms with van der Waals surface area (Å²) in [5.74, 6) is 0. The lowest BCUT2D eigenvalue weighted by Crippen LogP contribution is -1.94. The van der Waals surface area contributed by atoms with Crippen LogP contribution >= 0.6 is 22.7 Å². The summed E-state index contributed by atoms with van der Waals surface area (Å²) >= 11 is 3.68. The Morgan fingerprint density at radius 1 is 0.360 bits per heavy atom. The second kappa shape index (κ2) is 10.0. The molecule has 0 aliphatic rings. The van der Waals surface area contributed by atoms with Gasteiger partial charge in [-0.15, -0.1) is 22.7 Å². The largest absolute Gasteiger partial charge is 0.309 e. The van der Waals surface area contributed by atoms with Gasteiger partial charge in [-0.1, -0.05) is 48.5 Å².